The first-order chi connectivity index (χ1) is 11.6. The molecule has 0 radical (unpaired) electrons. The van der Waals surface area contributed by atoms with Gasteiger partial charge in [0.2, 0.25) is 5.88 Å². The first kappa shape index (κ1) is 15.1. The van der Waals surface area contributed by atoms with Gasteiger partial charge < -0.3 is 9.64 Å². The van der Waals surface area contributed by atoms with Crippen molar-refractivity contribution >= 4 is 28.1 Å². The van der Waals surface area contributed by atoms with Gasteiger partial charge in [-0.2, -0.15) is 0 Å². The van der Waals surface area contributed by atoms with Crippen LogP contribution >= 0.6 is 11.3 Å². The predicted octanol–water partition coefficient (Wildman–Crippen LogP) is 3.83. The number of hydrogen-bond donors (Lipinski definition) is 0. The molecule has 0 spiro atoms. The highest BCUT2D eigenvalue weighted by atomic mass is 32.1. The fourth-order valence-electron chi connectivity index (χ4n) is 3.14. The molecule has 2 aromatic heterocycles. The second-order valence-electron chi connectivity index (χ2n) is 6.22. The predicted molar refractivity (Wildman–Crippen MR) is 95.3 cm³/mol. The summed E-state index contributed by atoms with van der Waals surface area (Å²) >= 11 is 1.66. The molecule has 3 aromatic rings. The van der Waals surface area contributed by atoms with Crippen LogP contribution < -0.4 is 4.74 Å². The highest BCUT2D eigenvalue weighted by molar-refractivity contribution is 7.09. The van der Waals surface area contributed by atoms with Crippen LogP contribution in [-0.2, 0) is 17.9 Å². The molecular formula is C19H18N2O2S. The number of nitrogens with zero attached hydrogens (tertiary/aromatic N) is 2. The van der Waals surface area contributed by atoms with Gasteiger partial charge in [-0.05, 0) is 48.6 Å². The Balaban J connectivity index is 1.74. The standard InChI is InChI=1S/C19H18N2O2S/c1-12-6-13(2)16-8-14-9-21(10-15-4-3-5-24-15)18(22)11-23-19(14)20-17(16)7-12/h3-8H,9-11H2,1-2H3. The van der Waals surface area contributed by atoms with E-state index in [-0.39, 0.29) is 12.5 Å². The third-order valence-corrected chi connectivity index (χ3v) is 5.16. The van der Waals surface area contributed by atoms with Crippen LogP contribution in [0, 0.1) is 13.8 Å². The van der Waals surface area contributed by atoms with Crippen molar-refractivity contribution in [3.05, 3.63) is 57.3 Å². The average Bonchev–Trinajstić information content (AvgIpc) is 3.00. The fourth-order valence-corrected chi connectivity index (χ4v) is 3.86. The molecule has 24 heavy (non-hydrogen) atoms. The van der Waals surface area contributed by atoms with Crippen molar-refractivity contribution in [1.82, 2.24) is 9.88 Å². The zero-order valence-electron chi connectivity index (χ0n) is 13.7. The van der Waals surface area contributed by atoms with Crippen molar-refractivity contribution in [3.8, 4) is 5.88 Å². The van der Waals surface area contributed by atoms with Crippen molar-refractivity contribution in [2.75, 3.05) is 6.61 Å². The Hall–Kier alpha value is -2.40. The van der Waals surface area contributed by atoms with Crippen LogP contribution in [0.4, 0.5) is 0 Å². The SMILES string of the molecule is Cc1cc(C)c2cc3c(nc2c1)OCC(=O)N(Cc1cccs1)C3. The number of pyridine rings is 1. The van der Waals surface area contributed by atoms with Crippen molar-refractivity contribution in [3.63, 3.8) is 0 Å². The van der Waals surface area contributed by atoms with E-state index >= 15 is 0 Å². The number of ether oxygens (including phenoxy) is 1. The van der Waals surface area contributed by atoms with Crippen LogP contribution in [-0.4, -0.2) is 22.4 Å². The summed E-state index contributed by atoms with van der Waals surface area (Å²) in [5.41, 5.74) is 4.26. The molecule has 1 amide bonds. The van der Waals surface area contributed by atoms with Gasteiger partial charge in [0.1, 0.15) is 0 Å². The minimum Gasteiger partial charge on any atom is -0.467 e. The number of aryl methyl sites for hydroxylation is 2. The molecule has 0 unspecified atom stereocenters. The number of amides is 1. The number of carbonyl (C=O) groups is 1. The average molecular weight is 338 g/mol. The van der Waals surface area contributed by atoms with Gasteiger partial charge in [-0.1, -0.05) is 12.1 Å². The molecule has 5 heteroatoms. The zero-order valence-corrected chi connectivity index (χ0v) is 14.5. The van der Waals surface area contributed by atoms with Crippen LogP contribution in [0.3, 0.4) is 0 Å². The van der Waals surface area contributed by atoms with Crippen LogP contribution in [0.15, 0.2) is 35.7 Å². The van der Waals surface area contributed by atoms with E-state index in [1.165, 1.54) is 16.0 Å². The number of hydrogen-bond acceptors (Lipinski definition) is 4. The molecule has 122 valence electrons. The maximum atomic E-state index is 12.4. The molecule has 1 aromatic carbocycles. The van der Waals surface area contributed by atoms with E-state index < -0.39 is 0 Å². The molecule has 4 rings (SSSR count). The summed E-state index contributed by atoms with van der Waals surface area (Å²) < 4.78 is 5.70. The Morgan fingerprint density at radius 1 is 1.29 bits per heavy atom. The monoisotopic (exact) mass is 338 g/mol. The molecular weight excluding hydrogens is 320 g/mol. The van der Waals surface area contributed by atoms with Crippen molar-refractivity contribution in [2.24, 2.45) is 0 Å². The third-order valence-electron chi connectivity index (χ3n) is 4.30. The van der Waals surface area contributed by atoms with E-state index in [9.17, 15) is 4.79 Å². The molecule has 1 aliphatic heterocycles. The van der Waals surface area contributed by atoms with Gasteiger partial charge in [-0.15, -0.1) is 11.3 Å². The summed E-state index contributed by atoms with van der Waals surface area (Å²) in [5, 5.41) is 3.15. The Labute approximate surface area is 144 Å². The van der Waals surface area contributed by atoms with E-state index in [0.717, 1.165) is 16.5 Å². The normalized spacial score (nSPS) is 14.4. The zero-order chi connectivity index (χ0) is 16.7. The molecule has 0 saturated heterocycles. The summed E-state index contributed by atoms with van der Waals surface area (Å²) in [4.78, 5) is 20.1. The molecule has 1 aliphatic rings. The topological polar surface area (TPSA) is 42.4 Å². The number of benzene rings is 1. The van der Waals surface area contributed by atoms with Gasteiger partial charge in [0, 0.05) is 15.8 Å². The lowest BCUT2D eigenvalue weighted by Gasteiger charge is -2.19. The lowest BCUT2D eigenvalue weighted by molar-refractivity contribution is -0.133. The Bertz CT molecular complexity index is 919. The summed E-state index contributed by atoms with van der Waals surface area (Å²) in [5.74, 6) is 0.577. The molecule has 0 saturated carbocycles. The molecule has 0 bridgehead atoms. The quantitative estimate of drug-likeness (QED) is 0.713. The first-order valence-electron chi connectivity index (χ1n) is 7.94. The Morgan fingerprint density at radius 3 is 2.96 bits per heavy atom. The van der Waals surface area contributed by atoms with Gasteiger partial charge in [-0.25, -0.2) is 4.98 Å². The lowest BCUT2D eigenvalue weighted by Crippen LogP contribution is -2.31. The molecule has 3 heterocycles. The Kier molecular flexibility index (Phi) is 3.73. The van der Waals surface area contributed by atoms with E-state index in [0.29, 0.717) is 19.0 Å². The van der Waals surface area contributed by atoms with Crippen LogP contribution in [0.1, 0.15) is 21.6 Å². The van der Waals surface area contributed by atoms with Crippen molar-refractivity contribution in [1.29, 1.82) is 0 Å². The highest BCUT2D eigenvalue weighted by Gasteiger charge is 2.23. The van der Waals surface area contributed by atoms with E-state index in [1.54, 1.807) is 11.3 Å². The number of carbonyl (C=O) groups excluding carboxylic acids is 1. The van der Waals surface area contributed by atoms with Gasteiger partial charge in [-0.3, -0.25) is 4.79 Å². The largest absolute Gasteiger partial charge is 0.467 e. The van der Waals surface area contributed by atoms with Gasteiger partial charge in [0.25, 0.3) is 5.91 Å². The summed E-state index contributed by atoms with van der Waals surface area (Å²) in [7, 11) is 0. The minimum absolute atomic E-state index is 0.00152. The number of fused-ring (bicyclic) bond motifs is 2. The fraction of sp³-hybridized carbons (Fsp3) is 0.263. The van der Waals surface area contributed by atoms with Gasteiger partial charge in [0.05, 0.1) is 18.6 Å². The maximum Gasteiger partial charge on any atom is 0.261 e. The number of aromatic nitrogens is 1. The summed E-state index contributed by atoms with van der Waals surface area (Å²) in [6, 6.07) is 10.4. The van der Waals surface area contributed by atoms with Gasteiger partial charge in [0.15, 0.2) is 6.61 Å². The molecule has 0 fully saturated rings. The second-order valence-corrected chi connectivity index (χ2v) is 7.25. The minimum atomic E-state index is -0.00152. The van der Waals surface area contributed by atoms with E-state index in [4.69, 9.17) is 4.74 Å². The highest BCUT2D eigenvalue weighted by Crippen LogP contribution is 2.29. The van der Waals surface area contributed by atoms with Gasteiger partial charge >= 0.3 is 0 Å². The molecule has 4 nitrogen and oxygen atoms in total. The second kappa shape index (κ2) is 5.91. The molecule has 0 atom stereocenters. The summed E-state index contributed by atoms with van der Waals surface area (Å²) in [6.45, 7) is 5.34. The summed E-state index contributed by atoms with van der Waals surface area (Å²) in [6.07, 6.45) is 0. The van der Waals surface area contributed by atoms with E-state index in [1.807, 2.05) is 16.3 Å². The lowest BCUT2D eigenvalue weighted by atomic mass is 10.0. The van der Waals surface area contributed by atoms with Crippen LogP contribution in [0.5, 0.6) is 5.88 Å². The number of rotatable bonds is 2. The Morgan fingerprint density at radius 2 is 2.17 bits per heavy atom. The maximum absolute atomic E-state index is 12.4. The molecule has 0 aliphatic carbocycles. The number of thiophene rings is 1. The van der Waals surface area contributed by atoms with E-state index in [2.05, 4.69) is 43.1 Å². The molecule has 0 N–H and O–H groups in total. The van der Waals surface area contributed by atoms with Crippen molar-refractivity contribution in [2.45, 2.75) is 26.9 Å². The smallest absolute Gasteiger partial charge is 0.261 e. The van der Waals surface area contributed by atoms with Crippen LogP contribution in [0.2, 0.25) is 0 Å². The van der Waals surface area contributed by atoms with Crippen LogP contribution in [0.25, 0.3) is 10.9 Å². The van der Waals surface area contributed by atoms with Crippen molar-refractivity contribution < 1.29 is 9.53 Å². The third kappa shape index (κ3) is 2.76. The first-order valence-corrected chi connectivity index (χ1v) is 8.82.